The third-order valence-corrected chi connectivity index (χ3v) is 7.44. The van der Waals surface area contributed by atoms with E-state index in [0.29, 0.717) is 12.6 Å². The fourth-order valence-corrected chi connectivity index (χ4v) is 5.70. The molecule has 9 heteroatoms. The number of ether oxygens (including phenoxy) is 2. The van der Waals surface area contributed by atoms with Crippen molar-refractivity contribution in [3.63, 3.8) is 0 Å². The number of nitrogens with zero attached hydrogens (tertiary/aromatic N) is 5. The Kier molecular flexibility index (Phi) is 7.15. The van der Waals surface area contributed by atoms with Crippen molar-refractivity contribution in [2.75, 3.05) is 20.3 Å². The molecule has 0 radical (unpaired) electrons. The summed E-state index contributed by atoms with van der Waals surface area (Å²) in [6.07, 6.45) is 6.91. The van der Waals surface area contributed by atoms with Crippen LogP contribution in [0.5, 0.6) is 5.75 Å². The Morgan fingerprint density at radius 2 is 2.03 bits per heavy atom. The van der Waals surface area contributed by atoms with Gasteiger partial charge in [-0.3, -0.25) is 9.69 Å². The molecule has 188 valence electrons. The zero-order valence-electron chi connectivity index (χ0n) is 20.9. The molecular formula is C26H36N6O3. The van der Waals surface area contributed by atoms with Crippen molar-refractivity contribution < 1.29 is 9.47 Å². The summed E-state index contributed by atoms with van der Waals surface area (Å²) in [7, 11) is 1.63. The largest absolute Gasteiger partial charge is 0.497 e. The van der Waals surface area contributed by atoms with Crippen LogP contribution >= 0.6 is 0 Å². The number of methoxy groups -OCH3 is 1. The van der Waals surface area contributed by atoms with Crippen LogP contribution in [0.3, 0.4) is 0 Å². The molecule has 2 fully saturated rings. The Hall–Kier alpha value is -2.78. The number of benzene rings is 1. The molecule has 3 aromatic rings. The highest BCUT2D eigenvalue weighted by Crippen LogP contribution is 2.35. The Bertz CT molecular complexity index is 1190. The first-order chi connectivity index (χ1) is 17.0. The van der Waals surface area contributed by atoms with E-state index in [-0.39, 0.29) is 23.6 Å². The van der Waals surface area contributed by atoms with Crippen molar-refractivity contribution in [2.24, 2.45) is 5.92 Å². The molecule has 1 aromatic carbocycles. The lowest BCUT2D eigenvalue weighted by molar-refractivity contribution is 0.0379. The van der Waals surface area contributed by atoms with Crippen LogP contribution in [0.15, 0.2) is 29.1 Å². The van der Waals surface area contributed by atoms with Gasteiger partial charge in [0.2, 0.25) is 0 Å². The molecule has 0 bridgehead atoms. The van der Waals surface area contributed by atoms with Gasteiger partial charge in [0.25, 0.3) is 5.56 Å². The monoisotopic (exact) mass is 480 g/mol. The summed E-state index contributed by atoms with van der Waals surface area (Å²) in [5, 5.41) is 14.0. The minimum Gasteiger partial charge on any atom is -0.497 e. The van der Waals surface area contributed by atoms with Gasteiger partial charge in [-0.25, -0.2) is 4.68 Å². The molecule has 2 aliphatic rings. The van der Waals surface area contributed by atoms with Crippen LogP contribution in [0.1, 0.15) is 75.8 Å². The van der Waals surface area contributed by atoms with Crippen molar-refractivity contribution in [1.82, 2.24) is 30.1 Å². The van der Waals surface area contributed by atoms with Crippen molar-refractivity contribution in [1.29, 1.82) is 0 Å². The highest BCUT2D eigenvalue weighted by Gasteiger charge is 2.34. The van der Waals surface area contributed by atoms with E-state index >= 15 is 0 Å². The predicted octanol–water partition coefficient (Wildman–Crippen LogP) is 4.02. The fraction of sp³-hybridized carbons (Fsp3) is 0.615. The zero-order chi connectivity index (χ0) is 24.4. The topological polar surface area (TPSA) is 98.2 Å². The van der Waals surface area contributed by atoms with Crippen LogP contribution in [-0.4, -0.2) is 56.5 Å². The second-order valence-electron chi connectivity index (χ2n) is 10.3. The van der Waals surface area contributed by atoms with Crippen molar-refractivity contribution in [3.8, 4) is 5.75 Å². The van der Waals surface area contributed by atoms with E-state index in [9.17, 15) is 4.79 Å². The number of pyridine rings is 1. The fourth-order valence-electron chi connectivity index (χ4n) is 5.70. The molecule has 2 aromatic heterocycles. The second-order valence-corrected chi connectivity index (χ2v) is 10.3. The smallest absolute Gasteiger partial charge is 0.252 e. The quantitative estimate of drug-likeness (QED) is 0.494. The third-order valence-electron chi connectivity index (χ3n) is 7.44. The summed E-state index contributed by atoms with van der Waals surface area (Å²) >= 11 is 0. The molecule has 1 saturated carbocycles. The predicted molar refractivity (Wildman–Crippen MR) is 133 cm³/mol. The van der Waals surface area contributed by atoms with E-state index < -0.39 is 0 Å². The van der Waals surface area contributed by atoms with Gasteiger partial charge in [-0.15, -0.1) is 5.10 Å². The van der Waals surface area contributed by atoms with E-state index in [1.165, 1.54) is 12.8 Å². The maximum Gasteiger partial charge on any atom is 0.252 e. The molecular weight excluding hydrogens is 444 g/mol. The Balaban J connectivity index is 1.51. The Labute approximate surface area is 205 Å². The van der Waals surface area contributed by atoms with Gasteiger partial charge < -0.3 is 14.5 Å². The zero-order valence-corrected chi connectivity index (χ0v) is 20.9. The van der Waals surface area contributed by atoms with E-state index in [1.807, 2.05) is 24.3 Å². The number of nitrogens with one attached hydrogen (secondary N) is 1. The SMILES string of the molecule is COc1ccc2cc(CN(CC3CCCO3)C(c3nnnn3C3CCCC3)C(C)C)c(=O)[nH]c2c1. The molecule has 1 N–H and O–H groups in total. The average molecular weight is 481 g/mol. The lowest BCUT2D eigenvalue weighted by Crippen LogP contribution is -2.40. The third kappa shape index (κ3) is 5.11. The molecule has 35 heavy (non-hydrogen) atoms. The number of fused-ring (bicyclic) bond motifs is 1. The van der Waals surface area contributed by atoms with E-state index in [0.717, 1.165) is 66.9 Å². The number of aromatic amines is 1. The Morgan fingerprint density at radius 3 is 2.74 bits per heavy atom. The van der Waals surface area contributed by atoms with Crippen LogP contribution in [0.25, 0.3) is 10.9 Å². The lowest BCUT2D eigenvalue weighted by Gasteiger charge is -2.35. The Morgan fingerprint density at radius 1 is 1.20 bits per heavy atom. The van der Waals surface area contributed by atoms with Gasteiger partial charge in [0.05, 0.1) is 30.8 Å². The van der Waals surface area contributed by atoms with E-state index in [2.05, 4.69) is 43.9 Å². The number of rotatable bonds is 9. The molecule has 5 rings (SSSR count). The van der Waals surface area contributed by atoms with Crippen molar-refractivity contribution in [2.45, 2.75) is 77.1 Å². The molecule has 0 spiro atoms. The number of tetrazole rings is 1. The highest BCUT2D eigenvalue weighted by atomic mass is 16.5. The first-order valence-electron chi connectivity index (χ1n) is 12.9. The minimum atomic E-state index is -0.0824. The van der Waals surface area contributed by atoms with E-state index in [4.69, 9.17) is 9.47 Å². The molecule has 1 saturated heterocycles. The molecule has 2 unspecified atom stereocenters. The number of aromatic nitrogens is 5. The van der Waals surface area contributed by atoms with Crippen molar-refractivity contribution in [3.05, 3.63) is 46.0 Å². The van der Waals surface area contributed by atoms with Gasteiger partial charge >= 0.3 is 0 Å². The van der Waals surface area contributed by atoms with Gasteiger partial charge in [-0.2, -0.15) is 0 Å². The first-order valence-corrected chi connectivity index (χ1v) is 12.9. The molecule has 9 nitrogen and oxygen atoms in total. The molecule has 3 heterocycles. The normalized spacial score (nSPS) is 19.9. The summed E-state index contributed by atoms with van der Waals surface area (Å²) in [6.45, 7) is 6.44. The summed E-state index contributed by atoms with van der Waals surface area (Å²) < 4.78 is 13.4. The van der Waals surface area contributed by atoms with Crippen LogP contribution in [0.4, 0.5) is 0 Å². The van der Waals surface area contributed by atoms with Crippen LogP contribution in [0, 0.1) is 5.92 Å². The maximum absolute atomic E-state index is 13.2. The van der Waals surface area contributed by atoms with Gasteiger partial charge in [-0.1, -0.05) is 26.7 Å². The summed E-state index contributed by atoms with van der Waals surface area (Å²) in [6, 6.07) is 8.08. The highest BCUT2D eigenvalue weighted by molar-refractivity contribution is 5.80. The van der Waals surface area contributed by atoms with Crippen LogP contribution in [-0.2, 0) is 11.3 Å². The summed E-state index contributed by atoms with van der Waals surface area (Å²) in [5.74, 6) is 1.87. The summed E-state index contributed by atoms with van der Waals surface area (Å²) in [4.78, 5) is 18.6. The second kappa shape index (κ2) is 10.5. The van der Waals surface area contributed by atoms with Crippen LogP contribution < -0.4 is 10.3 Å². The number of hydrogen-bond donors (Lipinski definition) is 1. The van der Waals surface area contributed by atoms with Gasteiger partial charge in [0.1, 0.15) is 5.75 Å². The molecule has 2 atom stereocenters. The minimum absolute atomic E-state index is 0.0271. The van der Waals surface area contributed by atoms with Gasteiger partial charge in [0.15, 0.2) is 5.82 Å². The first kappa shape index (κ1) is 23.9. The standard InChI is InChI=1S/C26H36N6O3/c1-17(2)24(25-28-29-30-32(25)20-7-4-5-8-20)31(16-22-9-6-12-35-22)15-19-13-18-10-11-21(34-3)14-23(18)27-26(19)33/h10-11,13-14,17,20,22,24H,4-9,12,15-16H2,1-3H3,(H,27,33). The number of hydrogen-bond acceptors (Lipinski definition) is 7. The summed E-state index contributed by atoms with van der Waals surface area (Å²) in [5.41, 5.74) is 1.42. The van der Waals surface area contributed by atoms with Crippen LogP contribution in [0.2, 0.25) is 0 Å². The molecule has 1 aliphatic carbocycles. The van der Waals surface area contributed by atoms with Gasteiger partial charge in [-0.05, 0) is 65.6 Å². The van der Waals surface area contributed by atoms with Crippen molar-refractivity contribution >= 4 is 10.9 Å². The number of H-pyrrole nitrogens is 1. The maximum atomic E-state index is 13.2. The average Bonchev–Trinajstić information content (AvgIpc) is 3.62. The lowest BCUT2D eigenvalue weighted by atomic mass is 9.99. The molecule has 1 aliphatic heterocycles. The molecule has 0 amide bonds. The van der Waals surface area contributed by atoms with Gasteiger partial charge in [0, 0.05) is 31.3 Å². The van der Waals surface area contributed by atoms with E-state index in [1.54, 1.807) is 7.11 Å².